The number of benzene rings is 1. The molecule has 0 aliphatic carbocycles. The molecule has 10 heteroatoms. The molecule has 2 N–H and O–H groups in total. The molecule has 7 nitrogen and oxygen atoms in total. The van der Waals surface area contributed by atoms with Crippen LogP contribution in [0.4, 0.5) is 8.78 Å². The highest BCUT2D eigenvalue weighted by Crippen LogP contribution is 2.32. The molecule has 0 saturated heterocycles. The van der Waals surface area contributed by atoms with Crippen molar-refractivity contribution in [1.29, 1.82) is 0 Å². The van der Waals surface area contributed by atoms with E-state index in [2.05, 4.69) is 25.5 Å². The quantitative estimate of drug-likeness (QED) is 0.519. The van der Waals surface area contributed by atoms with Gasteiger partial charge in [0.1, 0.15) is 5.69 Å². The van der Waals surface area contributed by atoms with Crippen molar-refractivity contribution in [3.63, 3.8) is 0 Å². The summed E-state index contributed by atoms with van der Waals surface area (Å²) in [5.74, 6) is -2.91. The van der Waals surface area contributed by atoms with Crippen LogP contribution in [0.15, 0.2) is 53.5 Å². The van der Waals surface area contributed by atoms with Crippen LogP contribution in [0.3, 0.4) is 0 Å². The molecule has 3 heterocycles. The fraction of sp³-hybridized carbons (Fsp3) is 0.158. The van der Waals surface area contributed by atoms with E-state index in [1.807, 2.05) is 12.1 Å². The summed E-state index contributed by atoms with van der Waals surface area (Å²) in [5, 5.41) is 13.2. The lowest BCUT2D eigenvalue weighted by molar-refractivity contribution is 0.0133. The molecule has 1 aromatic carbocycles. The number of hydrogen-bond donors (Lipinski definition) is 2. The maximum Gasteiger partial charge on any atom is 0.290 e. The number of pyridine rings is 1. The summed E-state index contributed by atoms with van der Waals surface area (Å²) >= 11 is 5.89. The average molecular weight is 417 g/mol. The van der Waals surface area contributed by atoms with Gasteiger partial charge in [-0.3, -0.25) is 9.89 Å². The highest BCUT2D eigenvalue weighted by atomic mass is 35.5. The lowest BCUT2D eigenvalue weighted by Crippen LogP contribution is -2.15. The number of aromatic nitrogens is 6. The van der Waals surface area contributed by atoms with Gasteiger partial charge in [-0.2, -0.15) is 24.2 Å². The zero-order valence-electron chi connectivity index (χ0n) is 15.2. The van der Waals surface area contributed by atoms with Crippen LogP contribution in [0.25, 0.3) is 17.1 Å². The Bertz CT molecular complexity index is 1210. The number of nitrogens with one attached hydrogen (secondary N) is 2. The van der Waals surface area contributed by atoms with Crippen molar-refractivity contribution in [3.8, 4) is 17.1 Å². The molecule has 0 aliphatic heterocycles. The van der Waals surface area contributed by atoms with Gasteiger partial charge in [-0.1, -0.05) is 23.7 Å². The minimum Gasteiger partial charge on any atom is -0.293 e. The van der Waals surface area contributed by atoms with E-state index >= 15 is 0 Å². The molecular formula is C19H15ClF2N6O. The maximum atomic E-state index is 13.7. The Kier molecular flexibility index (Phi) is 4.75. The lowest BCUT2D eigenvalue weighted by Gasteiger charge is -2.09. The van der Waals surface area contributed by atoms with E-state index in [1.54, 1.807) is 12.1 Å². The normalized spacial score (nSPS) is 11.7. The maximum absolute atomic E-state index is 13.7. The van der Waals surface area contributed by atoms with E-state index in [0.717, 1.165) is 12.5 Å². The van der Waals surface area contributed by atoms with Crippen LogP contribution in [0.5, 0.6) is 0 Å². The van der Waals surface area contributed by atoms with Gasteiger partial charge in [0.2, 0.25) is 0 Å². The number of rotatable bonds is 5. The summed E-state index contributed by atoms with van der Waals surface area (Å²) in [6.07, 6.45) is 1.91. The third kappa shape index (κ3) is 3.95. The van der Waals surface area contributed by atoms with Crippen molar-refractivity contribution in [2.24, 2.45) is 0 Å². The van der Waals surface area contributed by atoms with E-state index in [1.165, 1.54) is 29.1 Å². The first-order valence-corrected chi connectivity index (χ1v) is 9.00. The van der Waals surface area contributed by atoms with Gasteiger partial charge in [-0.15, -0.1) is 0 Å². The average Bonchev–Trinajstić information content (AvgIpc) is 3.30. The summed E-state index contributed by atoms with van der Waals surface area (Å²) in [6, 6.07) is 11.8. The fourth-order valence-electron chi connectivity index (χ4n) is 2.95. The molecule has 0 atom stereocenters. The number of alkyl halides is 2. The second-order valence-corrected chi connectivity index (χ2v) is 7.01. The van der Waals surface area contributed by atoms with Crippen molar-refractivity contribution in [1.82, 2.24) is 30.2 Å². The van der Waals surface area contributed by atoms with Gasteiger partial charge in [-0.05, 0) is 29.8 Å². The van der Waals surface area contributed by atoms with Crippen LogP contribution in [0.1, 0.15) is 23.9 Å². The molecule has 0 saturated carbocycles. The molecule has 29 heavy (non-hydrogen) atoms. The van der Waals surface area contributed by atoms with E-state index in [4.69, 9.17) is 11.6 Å². The Labute approximate surface area is 168 Å². The van der Waals surface area contributed by atoms with Crippen molar-refractivity contribution < 1.29 is 8.78 Å². The van der Waals surface area contributed by atoms with Gasteiger partial charge < -0.3 is 0 Å². The van der Waals surface area contributed by atoms with Gasteiger partial charge in [0.25, 0.3) is 11.5 Å². The highest BCUT2D eigenvalue weighted by Gasteiger charge is 2.32. The number of H-pyrrole nitrogens is 2. The molecule has 4 aromatic rings. The Hall–Kier alpha value is -3.33. The monoisotopic (exact) mass is 416 g/mol. The van der Waals surface area contributed by atoms with E-state index < -0.39 is 11.6 Å². The number of aromatic amines is 2. The first-order valence-electron chi connectivity index (χ1n) is 8.62. The van der Waals surface area contributed by atoms with Crippen molar-refractivity contribution in [2.75, 3.05) is 0 Å². The number of nitrogens with zero attached hydrogens (tertiary/aromatic N) is 4. The van der Waals surface area contributed by atoms with E-state index in [9.17, 15) is 13.6 Å². The summed E-state index contributed by atoms with van der Waals surface area (Å²) in [6.45, 7) is 0.745. The van der Waals surface area contributed by atoms with Crippen molar-refractivity contribution in [3.05, 3.63) is 81.0 Å². The predicted octanol–water partition coefficient (Wildman–Crippen LogP) is 3.70. The lowest BCUT2D eigenvalue weighted by atomic mass is 10.1. The summed E-state index contributed by atoms with van der Waals surface area (Å²) < 4.78 is 28.7. The standard InChI is InChI=1S/C19H15ClF2N6O/c1-19(21,22)18-17(24-27-25-18)12-6-7-23-15(9-12)28-16(29)10-14(26-28)8-11-2-4-13(20)5-3-11/h2-7,9-10,26H,8H2,1H3,(H,24,25,27). The number of hydrogen-bond acceptors (Lipinski definition) is 4. The molecule has 0 aliphatic rings. The Balaban J connectivity index is 1.67. The molecule has 0 bridgehead atoms. The number of halogens is 3. The largest absolute Gasteiger partial charge is 0.293 e. The second-order valence-electron chi connectivity index (χ2n) is 6.57. The summed E-state index contributed by atoms with van der Waals surface area (Å²) in [4.78, 5) is 16.6. The third-order valence-electron chi connectivity index (χ3n) is 4.29. The highest BCUT2D eigenvalue weighted by molar-refractivity contribution is 6.30. The molecular weight excluding hydrogens is 402 g/mol. The minimum absolute atomic E-state index is 0.00198. The SMILES string of the molecule is CC(F)(F)c1n[nH]nc1-c1ccnc(-n2[nH]c(Cc3ccc(Cl)cc3)cc2=O)c1. The molecule has 148 valence electrons. The van der Waals surface area contributed by atoms with Gasteiger partial charge in [-0.25, -0.2) is 9.67 Å². The van der Waals surface area contributed by atoms with Gasteiger partial charge in [0.15, 0.2) is 11.5 Å². The van der Waals surface area contributed by atoms with Crippen LogP contribution in [-0.4, -0.2) is 30.2 Å². The van der Waals surface area contributed by atoms with Crippen LogP contribution >= 0.6 is 11.6 Å². The second kappa shape index (κ2) is 7.25. The van der Waals surface area contributed by atoms with Crippen molar-refractivity contribution in [2.45, 2.75) is 19.3 Å². The topological polar surface area (TPSA) is 92.2 Å². The molecule has 0 spiro atoms. The fourth-order valence-corrected chi connectivity index (χ4v) is 3.08. The first-order chi connectivity index (χ1) is 13.8. The summed E-state index contributed by atoms with van der Waals surface area (Å²) in [7, 11) is 0. The minimum atomic E-state index is -3.17. The zero-order valence-corrected chi connectivity index (χ0v) is 15.9. The molecule has 0 radical (unpaired) electrons. The van der Waals surface area contributed by atoms with Gasteiger partial charge in [0, 0.05) is 41.9 Å². The van der Waals surface area contributed by atoms with Crippen LogP contribution < -0.4 is 5.56 Å². The predicted molar refractivity (Wildman–Crippen MR) is 103 cm³/mol. The molecule has 4 rings (SSSR count). The molecule has 3 aromatic heterocycles. The van der Waals surface area contributed by atoms with Crippen molar-refractivity contribution >= 4 is 11.6 Å². The Morgan fingerprint density at radius 1 is 1.14 bits per heavy atom. The first kappa shape index (κ1) is 19.0. The van der Waals surface area contributed by atoms with Crippen LogP contribution in [0, 0.1) is 0 Å². The van der Waals surface area contributed by atoms with E-state index in [-0.39, 0.29) is 17.1 Å². The zero-order chi connectivity index (χ0) is 20.6. The smallest absolute Gasteiger partial charge is 0.290 e. The third-order valence-corrected chi connectivity index (χ3v) is 4.55. The van der Waals surface area contributed by atoms with Crippen LogP contribution in [0.2, 0.25) is 5.02 Å². The van der Waals surface area contributed by atoms with Gasteiger partial charge in [0.05, 0.1) is 0 Å². The Morgan fingerprint density at radius 3 is 2.62 bits per heavy atom. The molecule has 0 fully saturated rings. The molecule has 0 unspecified atom stereocenters. The Morgan fingerprint density at radius 2 is 1.90 bits per heavy atom. The molecule has 0 amide bonds. The summed E-state index contributed by atoms with van der Waals surface area (Å²) in [5.41, 5.74) is 1.22. The van der Waals surface area contributed by atoms with Gasteiger partial charge >= 0.3 is 0 Å². The van der Waals surface area contributed by atoms with E-state index in [0.29, 0.717) is 22.7 Å². The van der Waals surface area contributed by atoms with Crippen LogP contribution in [-0.2, 0) is 12.3 Å².